The minimum atomic E-state index is 0.0631. The number of hydrogen-bond acceptors (Lipinski definition) is 4. The summed E-state index contributed by atoms with van der Waals surface area (Å²) in [6, 6.07) is 3.89. The molecule has 1 fully saturated rings. The normalized spacial score (nSPS) is 15.7. The maximum absolute atomic E-state index is 12.0. The third kappa shape index (κ3) is 3.03. The molecule has 0 unspecified atom stereocenters. The fraction of sp³-hybridized carbons (Fsp3) is 0.600. The number of ether oxygens (including phenoxy) is 1. The van der Waals surface area contributed by atoms with Gasteiger partial charge < -0.3 is 14.5 Å². The summed E-state index contributed by atoms with van der Waals surface area (Å²) in [6.07, 6.45) is 0. The Bertz CT molecular complexity index is 480. The van der Waals surface area contributed by atoms with Crippen molar-refractivity contribution in [1.82, 2.24) is 9.88 Å². The number of pyridine rings is 1. The minimum Gasteiger partial charge on any atom is -0.493 e. The van der Waals surface area contributed by atoms with Crippen LogP contribution in [0.4, 0.5) is 5.82 Å². The molecule has 0 radical (unpaired) electrons. The lowest BCUT2D eigenvalue weighted by molar-refractivity contribution is -0.134. The lowest BCUT2D eigenvalue weighted by Crippen LogP contribution is -2.50. The summed E-state index contributed by atoms with van der Waals surface area (Å²) >= 11 is 0. The van der Waals surface area contributed by atoms with Crippen molar-refractivity contribution in [2.24, 2.45) is 5.92 Å². The Morgan fingerprint density at radius 1 is 1.25 bits per heavy atom. The summed E-state index contributed by atoms with van der Waals surface area (Å²) in [5, 5.41) is 0. The number of aromatic nitrogens is 1. The fourth-order valence-electron chi connectivity index (χ4n) is 2.42. The molecule has 2 heterocycles. The van der Waals surface area contributed by atoms with Crippen LogP contribution in [0.5, 0.6) is 5.75 Å². The van der Waals surface area contributed by atoms with Crippen molar-refractivity contribution in [2.75, 3.05) is 38.2 Å². The van der Waals surface area contributed by atoms with Gasteiger partial charge in [0.15, 0.2) is 11.6 Å². The topological polar surface area (TPSA) is 45.7 Å². The SMILES string of the molecule is COc1ccc(C)nc1N1CCN(C(=O)C(C)C)CC1. The van der Waals surface area contributed by atoms with Crippen molar-refractivity contribution in [3.05, 3.63) is 17.8 Å². The third-order valence-corrected chi connectivity index (χ3v) is 3.58. The molecule has 1 aliphatic heterocycles. The van der Waals surface area contributed by atoms with Gasteiger partial charge in [-0.05, 0) is 19.1 Å². The van der Waals surface area contributed by atoms with Crippen LogP contribution in [0.2, 0.25) is 0 Å². The maximum atomic E-state index is 12.0. The molecule has 0 aromatic carbocycles. The number of carbonyl (C=O) groups excluding carboxylic acids is 1. The molecule has 0 aliphatic carbocycles. The first-order valence-corrected chi connectivity index (χ1v) is 7.08. The zero-order valence-corrected chi connectivity index (χ0v) is 12.7. The highest BCUT2D eigenvalue weighted by atomic mass is 16.5. The molecule has 5 nitrogen and oxygen atoms in total. The van der Waals surface area contributed by atoms with Gasteiger partial charge in [-0.25, -0.2) is 4.98 Å². The third-order valence-electron chi connectivity index (χ3n) is 3.58. The number of carbonyl (C=O) groups is 1. The van der Waals surface area contributed by atoms with Gasteiger partial charge in [-0.1, -0.05) is 13.8 Å². The van der Waals surface area contributed by atoms with E-state index in [0.717, 1.165) is 43.4 Å². The first-order chi connectivity index (χ1) is 9.52. The molecule has 0 atom stereocenters. The number of aryl methyl sites for hydroxylation is 1. The van der Waals surface area contributed by atoms with E-state index < -0.39 is 0 Å². The molecular weight excluding hydrogens is 254 g/mol. The fourth-order valence-corrected chi connectivity index (χ4v) is 2.42. The van der Waals surface area contributed by atoms with Crippen molar-refractivity contribution in [3.63, 3.8) is 0 Å². The molecule has 1 aromatic heterocycles. The van der Waals surface area contributed by atoms with E-state index in [4.69, 9.17) is 4.74 Å². The van der Waals surface area contributed by atoms with Crippen molar-refractivity contribution < 1.29 is 9.53 Å². The van der Waals surface area contributed by atoms with Crippen LogP contribution in [0.25, 0.3) is 0 Å². The number of piperazine rings is 1. The molecule has 5 heteroatoms. The number of anilines is 1. The molecule has 2 rings (SSSR count). The van der Waals surface area contributed by atoms with Crippen LogP contribution >= 0.6 is 0 Å². The van der Waals surface area contributed by atoms with E-state index in [1.165, 1.54) is 0 Å². The van der Waals surface area contributed by atoms with Crippen LogP contribution in [-0.4, -0.2) is 49.1 Å². The summed E-state index contributed by atoms with van der Waals surface area (Å²) in [4.78, 5) is 20.7. The molecule has 1 aliphatic rings. The lowest BCUT2D eigenvalue weighted by atomic mass is 10.1. The van der Waals surface area contributed by atoms with Gasteiger partial charge in [0.2, 0.25) is 5.91 Å². The van der Waals surface area contributed by atoms with Crippen LogP contribution in [0.3, 0.4) is 0 Å². The molecule has 0 spiro atoms. The molecule has 110 valence electrons. The van der Waals surface area contributed by atoms with Crippen LogP contribution in [0.1, 0.15) is 19.5 Å². The average molecular weight is 277 g/mol. The van der Waals surface area contributed by atoms with Crippen LogP contribution in [0, 0.1) is 12.8 Å². The number of methoxy groups -OCH3 is 1. The molecule has 1 saturated heterocycles. The smallest absolute Gasteiger partial charge is 0.225 e. The predicted octanol–water partition coefficient (Wildman–Crippen LogP) is 1.70. The Morgan fingerprint density at radius 2 is 1.90 bits per heavy atom. The number of rotatable bonds is 3. The van der Waals surface area contributed by atoms with E-state index in [2.05, 4.69) is 9.88 Å². The summed E-state index contributed by atoms with van der Waals surface area (Å²) in [5.74, 6) is 1.96. The number of nitrogens with zero attached hydrogens (tertiary/aromatic N) is 3. The van der Waals surface area contributed by atoms with E-state index in [1.807, 2.05) is 37.8 Å². The minimum absolute atomic E-state index is 0.0631. The van der Waals surface area contributed by atoms with Gasteiger partial charge in [0, 0.05) is 37.8 Å². The monoisotopic (exact) mass is 277 g/mol. The van der Waals surface area contributed by atoms with Gasteiger partial charge in [0.25, 0.3) is 0 Å². The summed E-state index contributed by atoms with van der Waals surface area (Å²) < 4.78 is 5.38. The van der Waals surface area contributed by atoms with Crippen molar-refractivity contribution in [1.29, 1.82) is 0 Å². The predicted molar refractivity (Wildman–Crippen MR) is 79.2 cm³/mol. The van der Waals surface area contributed by atoms with Crippen LogP contribution in [0.15, 0.2) is 12.1 Å². The zero-order valence-electron chi connectivity index (χ0n) is 12.7. The summed E-state index contributed by atoms with van der Waals surface area (Å²) in [7, 11) is 1.66. The van der Waals surface area contributed by atoms with E-state index >= 15 is 0 Å². The summed E-state index contributed by atoms with van der Waals surface area (Å²) in [5.41, 5.74) is 0.974. The second-order valence-corrected chi connectivity index (χ2v) is 5.45. The lowest BCUT2D eigenvalue weighted by Gasteiger charge is -2.36. The Hall–Kier alpha value is -1.78. The molecule has 0 bridgehead atoms. The van der Waals surface area contributed by atoms with Crippen molar-refractivity contribution in [2.45, 2.75) is 20.8 Å². The highest BCUT2D eigenvalue weighted by Gasteiger charge is 2.24. The number of amides is 1. The first-order valence-electron chi connectivity index (χ1n) is 7.08. The van der Waals surface area contributed by atoms with Gasteiger partial charge in [0.05, 0.1) is 7.11 Å². The van der Waals surface area contributed by atoms with E-state index in [0.29, 0.717) is 0 Å². The van der Waals surface area contributed by atoms with Gasteiger partial charge in [0.1, 0.15) is 0 Å². The molecule has 0 saturated carbocycles. The largest absolute Gasteiger partial charge is 0.493 e. The Labute approximate surface area is 120 Å². The van der Waals surface area contributed by atoms with Crippen molar-refractivity contribution in [3.8, 4) is 5.75 Å². The molecule has 20 heavy (non-hydrogen) atoms. The van der Waals surface area contributed by atoms with Crippen molar-refractivity contribution >= 4 is 11.7 Å². The second kappa shape index (κ2) is 6.11. The summed E-state index contributed by atoms with van der Waals surface area (Å²) in [6.45, 7) is 8.95. The molecule has 1 aromatic rings. The van der Waals surface area contributed by atoms with Gasteiger partial charge in [-0.15, -0.1) is 0 Å². The molecule has 0 N–H and O–H groups in total. The first kappa shape index (κ1) is 14.6. The zero-order chi connectivity index (χ0) is 14.7. The standard InChI is InChI=1S/C15H23N3O2/c1-11(2)15(19)18-9-7-17(8-10-18)14-13(20-4)6-5-12(3)16-14/h5-6,11H,7-10H2,1-4H3. The maximum Gasteiger partial charge on any atom is 0.225 e. The Balaban J connectivity index is 2.07. The van der Waals surface area contributed by atoms with E-state index in [9.17, 15) is 4.79 Å². The second-order valence-electron chi connectivity index (χ2n) is 5.45. The van der Waals surface area contributed by atoms with Gasteiger partial charge in [-0.2, -0.15) is 0 Å². The highest BCUT2D eigenvalue weighted by Crippen LogP contribution is 2.27. The van der Waals surface area contributed by atoms with E-state index in [1.54, 1.807) is 7.11 Å². The van der Waals surface area contributed by atoms with Crippen LogP contribution in [-0.2, 0) is 4.79 Å². The van der Waals surface area contributed by atoms with E-state index in [-0.39, 0.29) is 11.8 Å². The van der Waals surface area contributed by atoms with Crippen LogP contribution < -0.4 is 9.64 Å². The number of hydrogen-bond donors (Lipinski definition) is 0. The average Bonchev–Trinajstić information content (AvgIpc) is 2.46. The van der Waals surface area contributed by atoms with Gasteiger partial charge >= 0.3 is 0 Å². The molecule has 1 amide bonds. The Kier molecular flexibility index (Phi) is 4.47. The molecular formula is C15H23N3O2. The van der Waals surface area contributed by atoms with Gasteiger partial charge in [-0.3, -0.25) is 4.79 Å². The Morgan fingerprint density at radius 3 is 2.45 bits per heavy atom. The highest BCUT2D eigenvalue weighted by molar-refractivity contribution is 5.78. The quantitative estimate of drug-likeness (QED) is 0.843.